The van der Waals surface area contributed by atoms with Gasteiger partial charge in [0.2, 0.25) is 5.60 Å². The molecular formula is C46H37F10N9O7. The van der Waals surface area contributed by atoms with Crippen LogP contribution in [-0.4, -0.2) is 75.8 Å². The van der Waals surface area contributed by atoms with Gasteiger partial charge in [0.1, 0.15) is 51.7 Å². The lowest BCUT2D eigenvalue weighted by Gasteiger charge is -2.15. The second kappa shape index (κ2) is 21.3. The average Bonchev–Trinajstić information content (AvgIpc) is 4.10. The van der Waals surface area contributed by atoms with Crippen molar-refractivity contribution < 1.29 is 77.6 Å². The molecule has 2 aromatic carbocycles. The van der Waals surface area contributed by atoms with Crippen LogP contribution in [0, 0.1) is 23.3 Å². The van der Waals surface area contributed by atoms with Gasteiger partial charge in [-0.25, -0.2) is 36.9 Å². The smallest absolute Gasteiger partial charge is 0.389 e. The minimum Gasteiger partial charge on any atom is -0.389 e. The first-order valence-electron chi connectivity index (χ1n) is 20.2. The molecule has 16 nitrogen and oxygen atoms in total. The van der Waals surface area contributed by atoms with Crippen molar-refractivity contribution in [2.45, 2.75) is 77.4 Å². The molecule has 2 N–H and O–H groups in total. The van der Waals surface area contributed by atoms with E-state index in [0.717, 1.165) is 60.9 Å². The number of pyridine rings is 2. The first-order chi connectivity index (χ1) is 33.2. The zero-order chi connectivity index (χ0) is 52.2. The number of carbonyl (C=O) groups excluding carboxylic acids is 5. The Morgan fingerprint density at radius 1 is 0.639 bits per heavy atom. The number of hydrogen-bond donors (Lipinski definition) is 1. The zero-order valence-electron chi connectivity index (χ0n) is 36.7. The molecule has 378 valence electrons. The summed E-state index contributed by atoms with van der Waals surface area (Å²) < 4.78 is 138. The van der Waals surface area contributed by atoms with Crippen molar-refractivity contribution in [2.75, 3.05) is 0 Å². The fraction of sp³-hybridized carbons (Fsp3) is 0.261. The van der Waals surface area contributed by atoms with E-state index in [4.69, 9.17) is 25.0 Å². The highest BCUT2D eigenvalue weighted by Crippen LogP contribution is 2.35. The molecule has 26 heteroatoms. The number of carbonyl (C=O) groups is 3. The van der Waals surface area contributed by atoms with Gasteiger partial charge < -0.3 is 15.4 Å². The molecule has 4 aromatic heterocycles. The number of alkyl halides is 6. The molecule has 1 amide bonds. The zero-order valence-corrected chi connectivity index (χ0v) is 36.7. The molecule has 0 saturated carbocycles. The Kier molecular flexibility index (Phi) is 16.1. The van der Waals surface area contributed by atoms with Crippen LogP contribution in [-0.2, 0) is 49.3 Å². The molecule has 6 aromatic rings. The molecular weight excluding hydrogens is 981 g/mol. The Balaban J connectivity index is 0.000000251. The highest BCUT2D eigenvalue weighted by Gasteiger charge is 2.44. The fourth-order valence-electron chi connectivity index (χ4n) is 6.76. The lowest BCUT2D eigenvalue weighted by atomic mass is 9.98. The lowest BCUT2D eigenvalue weighted by molar-refractivity contribution is -0.191. The van der Waals surface area contributed by atoms with E-state index in [9.17, 15) is 58.3 Å². The van der Waals surface area contributed by atoms with Crippen molar-refractivity contribution in [3.63, 3.8) is 0 Å². The maximum absolute atomic E-state index is 13.8. The number of amides is 1. The van der Waals surface area contributed by atoms with E-state index in [2.05, 4.69) is 30.5 Å². The summed E-state index contributed by atoms with van der Waals surface area (Å²) in [6.45, 7) is 4.85. The molecule has 1 unspecified atom stereocenters. The molecule has 0 fully saturated rings. The minimum atomic E-state index is -4.82. The molecule has 2 aliphatic heterocycles. The predicted octanol–water partition coefficient (Wildman–Crippen LogP) is 8.30. The quantitative estimate of drug-likeness (QED) is 0.0962. The van der Waals surface area contributed by atoms with Gasteiger partial charge in [0.25, 0.3) is 5.91 Å². The van der Waals surface area contributed by atoms with Crippen LogP contribution < -0.4 is 5.73 Å². The van der Waals surface area contributed by atoms with E-state index in [-0.39, 0.29) is 78.4 Å². The van der Waals surface area contributed by atoms with Crippen LogP contribution >= 0.6 is 0 Å². The molecule has 2 aliphatic rings. The Morgan fingerprint density at radius 2 is 1.01 bits per heavy atom. The summed E-state index contributed by atoms with van der Waals surface area (Å²) in [6, 6.07) is 12.7. The molecule has 0 aliphatic carbocycles. The van der Waals surface area contributed by atoms with E-state index in [1.165, 1.54) is 31.2 Å². The van der Waals surface area contributed by atoms with Crippen molar-refractivity contribution in [1.29, 1.82) is 0 Å². The van der Waals surface area contributed by atoms with Crippen molar-refractivity contribution in [3.05, 3.63) is 153 Å². The van der Waals surface area contributed by atoms with Crippen LogP contribution in [0.15, 0.2) is 95.5 Å². The van der Waals surface area contributed by atoms with Gasteiger partial charge in [-0.3, -0.25) is 14.4 Å². The van der Waals surface area contributed by atoms with Crippen molar-refractivity contribution >= 4 is 35.0 Å². The minimum absolute atomic E-state index is 0. The third kappa shape index (κ3) is 12.3. The third-order valence-electron chi connectivity index (χ3n) is 10.2. The van der Waals surface area contributed by atoms with Crippen LogP contribution in [0.25, 0.3) is 11.6 Å². The number of oxime groups is 2. The number of primary amides is 1. The summed E-state index contributed by atoms with van der Waals surface area (Å²) in [4.78, 5) is 70.5. The highest BCUT2D eigenvalue weighted by atomic mass is 19.4. The topological polar surface area (TPSA) is 216 Å². The summed E-state index contributed by atoms with van der Waals surface area (Å²) >= 11 is 0. The standard InChI is InChI=1S/C22H16F5N5O3.C22H17F5N4O2.CO2.CH4/c1-21(20(28)34)9-15(31-35-21)14-8-17(22(25,26)27)32(30-14)18-6-5-11(10-29-18)7-16(33)19-12(23)3-2-4-13(19)24;1-21(2)10-16(30-33-21)15-9-18(22(25,26)27)31(29-15)19-7-6-12(11-28-19)8-17(32)20-13(23)4-3-5-14(20)24;2-1-3;/h2-6,8,10H,7,9H2,1H3,(H2,28,34);3-7,9,11H,8,10H2,1-2H3;;1H4. The van der Waals surface area contributed by atoms with Crippen LogP contribution in [0.1, 0.15) is 95.7 Å². The van der Waals surface area contributed by atoms with Gasteiger partial charge >= 0.3 is 18.5 Å². The molecule has 8 rings (SSSR count). The monoisotopic (exact) mass is 1020 g/mol. The summed E-state index contributed by atoms with van der Waals surface area (Å²) in [6.07, 6.45) is -7.75. The number of ketones is 2. The second-order valence-corrected chi connectivity index (χ2v) is 16.1. The Bertz CT molecular complexity index is 3070. The Hall–Kier alpha value is -8.41. The van der Waals surface area contributed by atoms with Gasteiger partial charge in [0.15, 0.2) is 34.6 Å². The van der Waals surface area contributed by atoms with Crippen molar-refractivity contribution in [3.8, 4) is 11.6 Å². The second-order valence-electron chi connectivity index (χ2n) is 16.1. The number of halogens is 10. The van der Waals surface area contributed by atoms with Crippen LogP contribution in [0.4, 0.5) is 43.9 Å². The third-order valence-corrected chi connectivity index (χ3v) is 10.2. The number of Topliss-reactive ketones (excluding diaryl/α,β-unsaturated/α-hetero) is 2. The van der Waals surface area contributed by atoms with E-state index >= 15 is 0 Å². The molecule has 0 spiro atoms. The van der Waals surface area contributed by atoms with E-state index < -0.39 is 93.2 Å². The number of benzene rings is 2. The van der Waals surface area contributed by atoms with Gasteiger partial charge in [0.05, 0.1) is 11.1 Å². The molecule has 0 saturated heterocycles. The van der Waals surface area contributed by atoms with Gasteiger partial charge in [-0.2, -0.15) is 46.1 Å². The summed E-state index contributed by atoms with van der Waals surface area (Å²) in [7, 11) is 0. The SMILES string of the molecule is C.CC1(C(N)=O)CC(c2cc(C(F)(F)F)n(-c3ccc(CC(=O)c4c(F)cccc4F)cn3)n2)=NO1.CC1(C)CC(c2cc(C(F)(F)F)n(-c3ccc(CC(=O)c4c(F)cccc4F)cn3)n2)=NO1.O=C=O. The maximum atomic E-state index is 13.8. The number of nitrogens with zero attached hydrogens (tertiary/aromatic N) is 8. The molecule has 72 heavy (non-hydrogen) atoms. The highest BCUT2D eigenvalue weighted by molar-refractivity contribution is 6.04. The van der Waals surface area contributed by atoms with Crippen molar-refractivity contribution in [2.24, 2.45) is 16.0 Å². The predicted molar refractivity (Wildman–Crippen MR) is 229 cm³/mol. The first kappa shape index (κ1) is 54.5. The lowest BCUT2D eigenvalue weighted by Crippen LogP contribution is -2.41. The molecule has 0 bridgehead atoms. The van der Waals surface area contributed by atoms with Gasteiger partial charge in [-0.1, -0.05) is 42.0 Å². The number of hydrogen-bond acceptors (Lipinski definition) is 13. The average molecular weight is 1020 g/mol. The van der Waals surface area contributed by atoms with E-state index in [1.807, 2.05) is 0 Å². The van der Waals surface area contributed by atoms with Crippen molar-refractivity contribution in [1.82, 2.24) is 29.5 Å². The largest absolute Gasteiger partial charge is 0.433 e. The number of aromatic nitrogens is 6. The van der Waals surface area contributed by atoms with Gasteiger partial charge in [-0.05, 0) is 80.4 Å². The van der Waals surface area contributed by atoms with E-state index in [0.29, 0.717) is 9.36 Å². The Labute approximate surface area is 400 Å². The summed E-state index contributed by atoms with van der Waals surface area (Å²) in [5, 5.41) is 15.4. The van der Waals surface area contributed by atoms with Crippen LogP contribution in [0.3, 0.4) is 0 Å². The van der Waals surface area contributed by atoms with Gasteiger partial charge in [0, 0.05) is 38.1 Å². The first-order valence-corrected chi connectivity index (χ1v) is 20.2. The number of nitrogens with two attached hydrogens (primary N) is 1. The maximum Gasteiger partial charge on any atom is 0.433 e. The fourth-order valence-corrected chi connectivity index (χ4v) is 6.76. The molecule has 1 atom stereocenters. The molecule has 6 heterocycles. The van der Waals surface area contributed by atoms with Gasteiger partial charge in [-0.15, -0.1) is 0 Å². The normalized spacial score (nSPS) is 15.7. The summed E-state index contributed by atoms with van der Waals surface area (Å²) in [5.74, 6) is -6.95. The van der Waals surface area contributed by atoms with E-state index in [1.54, 1.807) is 13.8 Å². The number of rotatable bonds is 11. The Morgan fingerprint density at radius 3 is 1.32 bits per heavy atom. The van der Waals surface area contributed by atoms with Crippen LogP contribution in [0.2, 0.25) is 0 Å². The van der Waals surface area contributed by atoms with Crippen LogP contribution in [0.5, 0.6) is 0 Å². The summed E-state index contributed by atoms with van der Waals surface area (Å²) in [5.41, 5.74) is 0.0175. The molecule has 0 radical (unpaired) electrons.